The van der Waals surface area contributed by atoms with Gasteiger partial charge in [-0.2, -0.15) is 0 Å². The predicted molar refractivity (Wildman–Crippen MR) is 59.8 cm³/mol. The minimum Gasteiger partial charge on any atom is -0.288 e. The molecule has 0 amide bonds. The molecule has 0 saturated carbocycles. The van der Waals surface area contributed by atoms with Crippen LogP contribution in [0.1, 0.15) is 0 Å². The number of hydrogen-bond donors (Lipinski definition) is 0. The first-order chi connectivity index (χ1) is 7.79. The van der Waals surface area contributed by atoms with E-state index in [2.05, 4.69) is 0 Å². The van der Waals surface area contributed by atoms with Crippen LogP contribution in [-0.2, 0) is 0 Å². The Bertz CT molecular complexity index is 748. The number of pyridine rings is 1. The minimum absolute atomic E-state index is 0.0219. The Kier molecular flexibility index (Phi) is 1.13. The first-order valence-corrected chi connectivity index (χ1v) is 5.06. The molecule has 1 aliphatic heterocycles. The van der Waals surface area contributed by atoms with Crippen molar-refractivity contribution in [3.05, 3.63) is 57.1 Å². The average Bonchev–Trinajstić information content (AvgIpc) is 2.78. The van der Waals surface area contributed by atoms with E-state index in [0.29, 0.717) is 16.2 Å². The summed E-state index contributed by atoms with van der Waals surface area (Å²) in [6, 6.07) is 8.83. The molecule has 0 radical (unpaired) electrons. The minimum atomic E-state index is -0.0406. The van der Waals surface area contributed by atoms with Gasteiger partial charge in [0.15, 0.2) is 6.20 Å². The Labute approximate surface area is 89.6 Å². The molecule has 0 N–H and O–H groups in total. The van der Waals surface area contributed by atoms with E-state index >= 15 is 0 Å². The van der Waals surface area contributed by atoms with Crippen LogP contribution in [0.25, 0.3) is 27.4 Å². The van der Waals surface area contributed by atoms with E-state index < -0.39 is 0 Å². The Morgan fingerprint density at radius 2 is 1.62 bits per heavy atom. The summed E-state index contributed by atoms with van der Waals surface area (Å²) in [7, 11) is 0. The van der Waals surface area contributed by atoms with Crippen LogP contribution in [0.15, 0.2) is 46.1 Å². The van der Waals surface area contributed by atoms with Gasteiger partial charge < -0.3 is 0 Å². The second kappa shape index (κ2) is 2.27. The summed E-state index contributed by atoms with van der Waals surface area (Å²) >= 11 is 0. The molecule has 0 atom stereocenters. The molecule has 74 valence electrons. The van der Waals surface area contributed by atoms with Gasteiger partial charge in [-0.3, -0.25) is 4.79 Å². The summed E-state index contributed by atoms with van der Waals surface area (Å²) in [6.07, 6.45) is 1.71. The topological polar surface area (TPSA) is 38.2 Å². The van der Waals surface area contributed by atoms with Gasteiger partial charge >= 0.3 is 5.56 Å². The highest BCUT2D eigenvalue weighted by Crippen LogP contribution is 2.31. The molecule has 0 bridgehead atoms. The van der Waals surface area contributed by atoms with Crippen LogP contribution in [0.5, 0.6) is 0 Å². The number of aromatic nitrogens is 1. The van der Waals surface area contributed by atoms with Crippen LogP contribution in [0.4, 0.5) is 0 Å². The summed E-state index contributed by atoms with van der Waals surface area (Å²) in [6.45, 7) is 0. The van der Waals surface area contributed by atoms with Crippen molar-refractivity contribution in [2.75, 3.05) is 0 Å². The maximum Gasteiger partial charge on any atom is 0.426 e. The van der Waals surface area contributed by atoms with E-state index in [1.54, 1.807) is 40.9 Å². The Morgan fingerprint density at radius 1 is 0.875 bits per heavy atom. The first-order valence-electron chi connectivity index (χ1n) is 5.06. The molecule has 2 heterocycles. The molecule has 4 rings (SSSR count). The fraction of sp³-hybridized carbons (Fsp3) is 0. The third kappa shape index (κ3) is 0.643. The highest BCUT2D eigenvalue weighted by molar-refractivity contribution is 6.05. The summed E-state index contributed by atoms with van der Waals surface area (Å²) in [5, 5.41) is 1.92. The maximum absolute atomic E-state index is 12.0. The van der Waals surface area contributed by atoms with Gasteiger partial charge in [-0.05, 0) is 12.1 Å². The second-order valence-electron chi connectivity index (χ2n) is 4.00. The van der Waals surface area contributed by atoms with E-state index in [0.717, 1.165) is 11.3 Å². The SMILES string of the molecule is O=c1c2cccc3c2-c2c1ccc[n+]2c3=O. The molecule has 0 fully saturated rings. The molecular formula is C13H6NO2+. The molecular weight excluding hydrogens is 202 g/mol. The van der Waals surface area contributed by atoms with Crippen LogP contribution in [0.3, 0.4) is 0 Å². The average molecular weight is 208 g/mol. The number of rotatable bonds is 0. The lowest BCUT2D eigenvalue weighted by molar-refractivity contribution is -0.538. The maximum atomic E-state index is 12.0. The summed E-state index contributed by atoms with van der Waals surface area (Å²) in [5.74, 6) is 0. The second-order valence-corrected chi connectivity index (χ2v) is 4.00. The molecule has 0 spiro atoms. The van der Waals surface area contributed by atoms with Gasteiger partial charge in [-0.15, -0.1) is 4.40 Å². The zero-order valence-electron chi connectivity index (χ0n) is 8.23. The zero-order chi connectivity index (χ0) is 10.9. The third-order valence-corrected chi connectivity index (χ3v) is 3.23. The fourth-order valence-electron chi connectivity index (χ4n) is 2.57. The third-order valence-electron chi connectivity index (χ3n) is 3.23. The lowest BCUT2D eigenvalue weighted by Crippen LogP contribution is -2.36. The van der Waals surface area contributed by atoms with Gasteiger partial charge in [0.25, 0.3) is 0 Å². The van der Waals surface area contributed by atoms with Crippen molar-refractivity contribution in [2.45, 2.75) is 0 Å². The van der Waals surface area contributed by atoms with Crippen LogP contribution in [0.2, 0.25) is 0 Å². The van der Waals surface area contributed by atoms with Gasteiger partial charge in [-0.25, -0.2) is 4.79 Å². The van der Waals surface area contributed by atoms with Crippen LogP contribution < -0.4 is 15.4 Å². The number of benzene rings is 1. The number of hydrogen-bond acceptors (Lipinski definition) is 2. The quantitative estimate of drug-likeness (QED) is 0.399. The van der Waals surface area contributed by atoms with Crippen molar-refractivity contribution in [1.29, 1.82) is 0 Å². The summed E-state index contributed by atoms with van der Waals surface area (Å²) < 4.78 is 1.56. The van der Waals surface area contributed by atoms with Crippen LogP contribution in [0, 0.1) is 0 Å². The largest absolute Gasteiger partial charge is 0.426 e. The molecule has 1 aromatic heterocycles. The summed E-state index contributed by atoms with van der Waals surface area (Å²) in [5.41, 5.74) is 1.56. The van der Waals surface area contributed by atoms with Gasteiger partial charge in [-0.1, -0.05) is 12.1 Å². The van der Waals surface area contributed by atoms with Crippen molar-refractivity contribution >= 4 is 16.2 Å². The lowest BCUT2D eigenvalue weighted by Gasteiger charge is -1.87. The lowest BCUT2D eigenvalue weighted by atomic mass is 10.1. The van der Waals surface area contributed by atoms with Gasteiger partial charge in [0.1, 0.15) is 5.39 Å². The molecule has 0 unspecified atom stereocenters. The van der Waals surface area contributed by atoms with Gasteiger partial charge in [0, 0.05) is 11.5 Å². The first kappa shape index (κ1) is 7.93. The monoisotopic (exact) mass is 208 g/mol. The molecule has 1 aromatic carbocycles. The van der Waals surface area contributed by atoms with Crippen molar-refractivity contribution in [1.82, 2.24) is 0 Å². The highest BCUT2D eigenvalue weighted by Gasteiger charge is 2.32. The standard InChI is InChI=1S/C13H6NO2/c15-12-7-3-1-4-8-10(7)11-9(12)5-2-6-14(11)13(8)16/h1-6H/q+1. The Morgan fingerprint density at radius 3 is 2.50 bits per heavy atom. The number of nitrogens with zero attached hydrogens (tertiary/aromatic N) is 1. The van der Waals surface area contributed by atoms with E-state index in [4.69, 9.17) is 0 Å². The van der Waals surface area contributed by atoms with E-state index in [-0.39, 0.29) is 11.0 Å². The summed E-state index contributed by atoms with van der Waals surface area (Å²) in [4.78, 5) is 24.1. The van der Waals surface area contributed by atoms with Crippen LogP contribution in [-0.4, -0.2) is 0 Å². The highest BCUT2D eigenvalue weighted by atomic mass is 16.1. The Balaban J connectivity index is 2.61. The van der Waals surface area contributed by atoms with Gasteiger partial charge in [0.05, 0.1) is 10.9 Å². The van der Waals surface area contributed by atoms with E-state index in [1.165, 1.54) is 0 Å². The smallest absolute Gasteiger partial charge is 0.288 e. The van der Waals surface area contributed by atoms with E-state index in [9.17, 15) is 9.59 Å². The van der Waals surface area contributed by atoms with E-state index in [1.807, 2.05) is 0 Å². The zero-order valence-corrected chi connectivity index (χ0v) is 8.23. The van der Waals surface area contributed by atoms with Crippen molar-refractivity contribution < 1.29 is 4.40 Å². The molecule has 2 aliphatic rings. The molecule has 1 aliphatic carbocycles. The van der Waals surface area contributed by atoms with Crippen LogP contribution >= 0.6 is 0 Å². The van der Waals surface area contributed by atoms with Crippen molar-refractivity contribution in [3.8, 4) is 11.3 Å². The molecule has 16 heavy (non-hydrogen) atoms. The molecule has 3 heteroatoms. The normalized spacial score (nSPS) is 12.2. The van der Waals surface area contributed by atoms with Crippen molar-refractivity contribution in [3.63, 3.8) is 0 Å². The predicted octanol–water partition coefficient (Wildman–Crippen LogP) is 0.717. The molecule has 2 aromatic rings. The van der Waals surface area contributed by atoms with Gasteiger partial charge in [0.2, 0.25) is 11.1 Å². The fourth-order valence-corrected chi connectivity index (χ4v) is 2.57. The Hall–Kier alpha value is -2.29. The van der Waals surface area contributed by atoms with Crippen molar-refractivity contribution in [2.24, 2.45) is 0 Å². The molecule has 0 saturated heterocycles. The molecule has 3 nitrogen and oxygen atoms in total.